The Hall–Kier alpha value is -1.89. The van der Waals surface area contributed by atoms with Gasteiger partial charge in [-0.25, -0.2) is 9.97 Å². The van der Waals surface area contributed by atoms with Crippen LogP contribution >= 0.6 is 0 Å². The third-order valence-electron chi connectivity index (χ3n) is 6.14. The molecule has 27 heavy (non-hydrogen) atoms. The molecule has 0 spiro atoms. The van der Waals surface area contributed by atoms with Crippen molar-refractivity contribution in [3.63, 3.8) is 0 Å². The smallest absolute Gasteiger partial charge is 0.317 e. The number of nitrogens with one attached hydrogen (secondary N) is 1. The lowest BCUT2D eigenvalue weighted by Crippen LogP contribution is -2.52. The standard InChI is InChI=1S/C20H31N5O2/c1-14-3-2-6-24(10-14)19-9-18(21-13-22-19)23-16-7-17(8-16)25(12-20(26)27)11-15-4-5-15/h9,13-17H,2-8,10-12H2,1H3,(H,26,27)(H,21,22,23). The molecule has 1 unspecified atom stereocenters. The molecular formula is C20H31N5O2. The zero-order valence-corrected chi connectivity index (χ0v) is 16.2. The van der Waals surface area contributed by atoms with E-state index in [0.29, 0.717) is 23.9 Å². The van der Waals surface area contributed by atoms with Gasteiger partial charge in [0, 0.05) is 37.8 Å². The Labute approximate surface area is 161 Å². The number of piperidine rings is 1. The SMILES string of the molecule is CC1CCCN(c2cc(NC3CC(N(CC(=O)O)CC4CC4)C3)ncn2)C1. The molecule has 3 fully saturated rings. The van der Waals surface area contributed by atoms with Crippen molar-refractivity contribution in [2.75, 3.05) is 36.4 Å². The molecule has 2 saturated carbocycles. The van der Waals surface area contributed by atoms with E-state index >= 15 is 0 Å². The lowest BCUT2D eigenvalue weighted by molar-refractivity contribution is -0.139. The molecule has 1 aromatic heterocycles. The van der Waals surface area contributed by atoms with Crippen LogP contribution in [0.25, 0.3) is 0 Å². The van der Waals surface area contributed by atoms with E-state index in [1.165, 1.54) is 25.7 Å². The molecule has 4 rings (SSSR count). The van der Waals surface area contributed by atoms with Crippen LogP contribution in [0.5, 0.6) is 0 Å². The molecule has 7 nitrogen and oxygen atoms in total. The molecular weight excluding hydrogens is 342 g/mol. The highest BCUT2D eigenvalue weighted by Gasteiger charge is 2.37. The highest BCUT2D eigenvalue weighted by atomic mass is 16.4. The number of carboxylic acids is 1. The Bertz CT molecular complexity index is 660. The van der Waals surface area contributed by atoms with E-state index in [1.807, 2.05) is 0 Å². The van der Waals surface area contributed by atoms with E-state index in [4.69, 9.17) is 0 Å². The van der Waals surface area contributed by atoms with Crippen LogP contribution in [0.3, 0.4) is 0 Å². The Kier molecular flexibility index (Phi) is 5.48. The van der Waals surface area contributed by atoms with Gasteiger partial charge in [0.2, 0.25) is 0 Å². The normalized spacial score (nSPS) is 28.1. The Morgan fingerprint density at radius 2 is 2.15 bits per heavy atom. The minimum Gasteiger partial charge on any atom is -0.480 e. The van der Waals surface area contributed by atoms with Crippen molar-refractivity contribution in [2.45, 2.75) is 57.5 Å². The van der Waals surface area contributed by atoms with Crippen molar-refractivity contribution in [3.05, 3.63) is 12.4 Å². The molecule has 148 valence electrons. The first-order chi connectivity index (χ1) is 13.1. The van der Waals surface area contributed by atoms with Crippen LogP contribution in [0, 0.1) is 11.8 Å². The molecule has 1 aromatic rings. The van der Waals surface area contributed by atoms with Gasteiger partial charge >= 0.3 is 5.97 Å². The number of carbonyl (C=O) groups is 1. The molecule has 0 aromatic carbocycles. The predicted molar refractivity (Wildman–Crippen MR) is 105 cm³/mol. The fourth-order valence-electron chi connectivity index (χ4n) is 4.36. The molecule has 2 N–H and O–H groups in total. The summed E-state index contributed by atoms with van der Waals surface area (Å²) in [4.78, 5) is 24.5. The van der Waals surface area contributed by atoms with Crippen LogP contribution in [0.15, 0.2) is 12.4 Å². The van der Waals surface area contributed by atoms with Crippen molar-refractivity contribution in [1.82, 2.24) is 14.9 Å². The molecule has 7 heteroatoms. The van der Waals surface area contributed by atoms with E-state index in [0.717, 1.165) is 44.1 Å². The van der Waals surface area contributed by atoms with Crippen molar-refractivity contribution in [1.29, 1.82) is 0 Å². The van der Waals surface area contributed by atoms with E-state index < -0.39 is 5.97 Å². The number of anilines is 2. The second-order valence-electron chi connectivity index (χ2n) is 8.69. The second-order valence-corrected chi connectivity index (χ2v) is 8.69. The van der Waals surface area contributed by atoms with Gasteiger partial charge in [-0.1, -0.05) is 6.92 Å². The summed E-state index contributed by atoms with van der Waals surface area (Å²) in [6, 6.07) is 2.81. The van der Waals surface area contributed by atoms with Gasteiger partial charge in [0.1, 0.15) is 18.0 Å². The number of hydrogen-bond donors (Lipinski definition) is 2. The highest BCUT2D eigenvalue weighted by molar-refractivity contribution is 5.69. The zero-order chi connectivity index (χ0) is 18.8. The fourth-order valence-corrected chi connectivity index (χ4v) is 4.36. The van der Waals surface area contributed by atoms with Gasteiger partial charge in [-0.05, 0) is 50.4 Å². The number of hydrogen-bond acceptors (Lipinski definition) is 6. The number of carboxylic acid groups (broad SMARTS) is 1. The Morgan fingerprint density at radius 1 is 1.33 bits per heavy atom. The van der Waals surface area contributed by atoms with E-state index in [2.05, 4.69) is 38.1 Å². The summed E-state index contributed by atoms with van der Waals surface area (Å²) in [6.45, 7) is 5.53. The predicted octanol–water partition coefficient (Wildman–Crippen LogP) is 2.45. The largest absolute Gasteiger partial charge is 0.480 e. The summed E-state index contributed by atoms with van der Waals surface area (Å²) >= 11 is 0. The summed E-state index contributed by atoms with van der Waals surface area (Å²) in [5, 5.41) is 12.7. The van der Waals surface area contributed by atoms with Gasteiger partial charge in [0.25, 0.3) is 0 Å². The van der Waals surface area contributed by atoms with Crippen LogP contribution in [0.4, 0.5) is 11.6 Å². The fraction of sp³-hybridized carbons (Fsp3) is 0.750. The first kappa shape index (κ1) is 18.5. The van der Waals surface area contributed by atoms with Crippen molar-refractivity contribution in [2.24, 2.45) is 11.8 Å². The van der Waals surface area contributed by atoms with Gasteiger partial charge in [0.05, 0.1) is 6.54 Å². The first-order valence-electron chi connectivity index (χ1n) is 10.4. The third-order valence-corrected chi connectivity index (χ3v) is 6.14. The van der Waals surface area contributed by atoms with Gasteiger partial charge in [0.15, 0.2) is 0 Å². The molecule has 3 aliphatic rings. The maximum Gasteiger partial charge on any atom is 0.317 e. The number of aromatic nitrogens is 2. The van der Waals surface area contributed by atoms with E-state index in [9.17, 15) is 9.90 Å². The highest BCUT2D eigenvalue weighted by Crippen LogP contribution is 2.34. The van der Waals surface area contributed by atoms with Crippen LogP contribution < -0.4 is 10.2 Å². The summed E-state index contributed by atoms with van der Waals surface area (Å²) in [7, 11) is 0. The van der Waals surface area contributed by atoms with Crippen molar-refractivity contribution < 1.29 is 9.90 Å². The van der Waals surface area contributed by atoms with Crippen LogP contribution in [-0.4, -0.2) is 64.2 Å². The van der Waals surface area contributed by atoms with Crippen LogP contribution in [0.2, 0.25) is 0 Å². The molecule has 0 bridgehead atoms. The van der Waals surface area contributed by atoms with Crippen LogP contribution in [-0.2, 0) is 4.79 Å². The third kappa shape index (κ3) is 4.89. The quantitative estimate of drug-likeness (QED) is 0.724. The maximum atomic E-state index is 11.2. The van der Waals surface area contributed by atoms with Gasteiger partial charge in [-0.3, -0.25) is 9.69 Å². The molecule has 2 aliphatic carbocycles. The van der Waals surface area contributed by atoms with Gasteiger partial charge in [-0.15, -0.1) is 0 Å². The number of rotatable bonds is 8. The average molecular weight is 374 g/mol. The molecule has 1 saturated heterocycles. The van der Waals surface area contributed by atoms with Gasteiger partial charge < -0.3 is 15.3 Å². The maximum absolute atomic E-state index is 11.2. The van der Waals surface area contributed by atoms with Crippen molar-refractivity contribution in [3.8, 4) is 0 Å². The molecule has 1 atom stereocenters. The zero-order valence-electron chi connectivity index (χ0n) is 16.2. The second kappa shape index (κ2) is 8.00. The monoisotopic (exact) mass is 373 g/mol. The van der Waals surface area contributed by atoms with Crippen LogP contribution in [0.1, 0.15) is 45.4 Å². The summed E-state index contributed by atoms with van der Waals surface area (Å²) in [5.74, 6) is 2.60. The van der Waals surface area contributed by atoms with Gasteiger partial charge in [-0.2, -0.15) is 0 Å². The summed E-state index contributed by atoms with van der Waals surface area (Å²) in [6.07, 6.45) is 8.65. The van der Waals surface area contributed by atoms with E-state index in [-0.39, 0.29) is 6.54 Å². The molecule has 1 aliphatic heterocycles. The molecule has 2 heterocycles. The van der Waals surface area contributed by atoms with Crippen molar-refractivity contribution >= 4 is 17.6 Å². The topological polar surface area (TPSA) is 81.6 Å². The minimum absolute atomic E-state index is 0.165. The Morgan fingerprint density at radius 3 is 2.85 bits per heavy atom. The number of aliphatic carboxylic acids is 1. The lowest BCUT2D eigenvalue weighted by atomic mass is 9.85. The minimum atomic E-state index is -0.719. The Balaban J connectivity index is 1.30. The number of nitrogens with zero attached hydrogens (tertiary/aromatic N) is 4. The average Bonchev–Trinajstić information content (AvgIpc) is 3.41. The molecule has 0 radical (unpaired) electrons. The summed E-state index contributed by atoms with van der Waals surface area (Å²) in [5.41, 5.74) is 0. The lowest BCUT2D eigenvalue weighted by Gasteiger charge is -2.43. The molecule has 0 amide bonds. The van der Waals surface area contributed by atoms with E-state index in [1.54, 1.807) is 6.33 Å². The first-order valence-corrected chi connectivity index (χ1v) is 10.4. The summed E-state index contributed by atoms with van der Waals surface area (Å²) < 4.78 is 0.